The highest BCUT2D eigenvalue weighted by Gasteiger charge is 2.16. The highest BCUT2D eigenvalue weighted by molar-refractivity contribution is 8.00. The van der Waals surface area contributed by atoms with E-state index in [1.165, 1.54) is 18.7 Å². The highest BCUT2D eigenvalue weighted by Crippen LogP contribution is 2.28. The molecule has 0 fully saturated rings. The van der Waals surface area contributed by atoms with Crippen molar-refractivity contribution in [2.75, 3.05) is 10.6 Å². The number of amides is 2. The van der Waals surface area contributed by atoms with Gasteiger partial charge in [-0.2, -0.15) is 0 Å². The zero-order valence-electron chi connectivity index (χ0n) is 13.1. The monoisotopic (exact) mass is 382 g/mol. The summed E-state index contributed by atoms with van der Waals surface area (Å²) in [5.74, 6) is -0.279. The van der Waals surface area contributed by atoms with Gasteiger partial charge in [-0.3, -0.25) is 9.59 Å². The van der Waals surface area contributed by atoms with Gasteiger partial charge in [0.05, 0.1) is 16.0 Å². The number of hydrogen-bond donors (Lipinski definition) is 2. The van der Waals surface area contributed by atoms with Gasteiger partial charge in [-0.15, -0.1) is 11.8 Å². The lowest BCUT2D eigenvalue weighted by Crippen LogP contribution is -2.22. The van der Waals surface area contributed by atoms with E-state index in [2.05, 4.69) is 10.6 Å². The van der Waals surface area contributed by atoms with Crippen molar-refractivity contribution in [1.29, 1.82) is 0 Å². The van der Waals surface area contributed by atoms with E-state index in [9.17, 15) is 9.59 Å². The van der Waals surface area contributed by atoms with Gasteiger partial charge in [0.1, 0.15) is 0 Å². The molecule has 2 aromatic rings. The Labute approximate surface area is 154 Å². The molecule has 0 aliphatic carbocycles. The summed E-state index contributed by atoms with van der Waals surface area (Å²) in [6.07, 6.45) is 0. The molecule has 0 radical (unpaired) electrons. The maximum Gasteiger partial charge on any atom is 0.237 e. The second kappa shape index (κ2) is 8.42. The number of anilines is 2. The summed E-state index contributed by atoms with van der Waals surface area (Å²) in [5.41, 5.74) is 1.25. The number of halogens is 2. The number of carbonyl (C=O) groups excluding carboxylic acids is 2. The van der Waals surface area contributed by atoms with Gasteiger partial charge in [-0.1, -0.05) is 23.2 Å². The van der Waals surface area contributed by atoms with Crippen LogP contribution in [0.4, 0.5) is 11.4 Å². The van der Waals surface area contributed by atoms with Gasteiger partial charge >= 0.3 is 0 Å². The Kier molecular flexibility index (Phi) is 6.54. The fourth-order valence-electron chi connectivity index (χ4n) is 1.90. The summed E-state index contributed by atoms with van der Waals surface area (Å²) in [6.45, 7) is 3.27. The fraction of sp³-hybridized carbons (Fsp3) is 0.176. The summed E-state index contributed by atoms with van der Waals surface area (Å²) in [7, 11) is 0. The van der Waals surface area contributed by atoms with Crippen molar-refractivity contribution in [3.8, 4) is 0 Å². The Balaban J connectivity index is 1.97. The van der Waals surface area contributed by atoms with E-state index in [-0.39, 0.29) is 17.1 Å². The molecule has 0 saturated heterocycles. The molecule has 0 spiro atoms. The van der Waals surface area contributed by atoms with Crippen LogP contribution < -0.4 is 10.6 Å². The molecule has 24 heavy (non-hydrogen) atoms. The Hall–Kier alpha value is -1.69. The SMILES string of the molecule is CC(=O)Nc1ccc(S[C@@H](C)C(=O)Nc2ccc(Cl)cc2Cl)cc1. The first-order chi connectivity index (χ1) is 11.3. The largest absolute Gasteiger partial charge is 0.326 e. The van der Waals surface area contributed by atoms with Crippen LogP contribution in [-0.2, 0) is 9.59 Å². The standard InChI is InChI=1S/C17H16Cl2N2O2S/c1-10(17(23)21-16-8-3-12(18)9-15(16)19)24-14-6-4-13(5-7-14)20-11(2)22/h3-10H,1-2H3,(H,20,22)(H,21,23)/t10-/m0/s1. The lowest BCUT2D eigenvalue weighted by Gasteiger charge is -2.13. The van der Waals surface area contributed by atoms with E-state index in [4.69, 9.17) is 23.2 Å². The van der Waals surface area contributed by atoms with Crippen molar-refractivity contribution in [3.63, 3.8) is 0 Å². The number of thioether (sulfide) groups is 1. The maximum absolute atomic E-state index is 12.3. The van der Waals surface area contributed by atoms with Crippen molar-refractivity contribution in [3.05, 3.63) is 52.5 Å². The summed E-state index contributed by atoms with van der Waals surface area (Å²) >= 11 is 13.3. The minimum absolute atomic E-state index is 0.122. The molecule has 4 nitrogen and oxygen atoms in total. The molecule has 126 valence electrons. The van der Waals surface area contributed by atoms with E-state index >= 15 is 0 Å². The van der Waals surface area contributed by atoms with Crippen molar-refractivity contribution in [2.24, 2.45) is 0 Å². The topological polar surface area (TPSA) is 58.2 Å². The van der Waals surface area contributed by atoms with Gasteiger partial charge < -0.3 is 10.6 Å². The van der Waals surface area contributed by atoms with E-state index in [1.807, 2.05) is 19.1 Å². The zero-order valence-corrected chi connectivity index (χ0v) is 15.4. The van der Waals surface area contributed by atoms with Crippen LogP contribution in [0.1, 0.15) is 13.8 Å². The number of carbonyl (C=O) groups is 2. The Morgan fingerprint density at radius 1 is 1.04 bits per heavy atom. The average molecular weight is 383 g/mol. The quantitative estimate of drug-likeness (QED) is 0.709. The Morgan fingerprint density at radius 2 is 1.71 bits per heavy atom. The molecule has 2 amide bonds. The molecule has 0 heterocycles. The average Bonchev–Trinajstić information content (AvgIpc) is 2.51. The predicted octanol–water partition coefficient (Wildman–Crippen LogP) is 5.07. The first-order valence-electron chi connectivity index (χ1n) is 7.15. The number of hydrogen-bond acceptors (Lipinski definition) is 3. The van der Waals surface area contributed by atoms with Crippen LogP contribution in [0.5, 0.6) is 0 Å². The van der Waals surface area contributed by atoms with Gasteiger partial charge in [0, 0.05) is 22.5 Å². The van der Waals surface area contributed by atoms with Gasteiger partial charge in [0.25, 0.3) is 0 Å². The van der Waals surface area contributed by atoms with Crippen molar-refractivity contribution in [2.45, 2.75) is 24.0 Å². The molecular weight excluding hydrogens is 367 g/mol. The van der Waals surface area contributed by atoms with Crippen LogP contribution in [0.2, 0.25) is 10.0 Å². The zero-order chi connectivity index (χ0) is 17.7. The number of rotatable bonds is 5. The highest BCUT2D eigenvalue weighted by atomic mass is 35.5. The lowest BCUT2D eigenvalue weighted by molar-refractivity contribution is -0.115. The minimum atomic E-state index is -0.316. The molecule has 1 atom stereocenters. The molecule has 0 unspecified atom stereocenters. The van der Waals surface area contributed by atoms with Crippen LogP contribution in [-0.4, -0.2) is 17.1 Å². The minimum Gasteiger partial charge on any atom is -0.326 e. The molecule has 2 N–H and O–H groups in total. The van der Waals surface area contributed by atoms with Crippen LogP contribution in [0.25, 0.3) is 0 Å². The summed E-state index contributed by atoms with van der Waals surface area (Å²) < 4.78 is 0. The maximum atomic E-state index is 12.3. The summed E-state index contributed by atoms with van der Waals surface area (Å²) in [5, 5.41) is 6.08. The normalized spacial score (nSPS) is 11.7. The molecule has 0 aromatic heterocycles. The van der Waals surface area contributed by atoms with Crippen molar-refractivity contribution >= 4 is 58.2 Å². The molecular formula is C17H16Cl2N2O2S. The van der Waals surface area contributed by atoms with E-state index < -0.39 is 0 Å². The summed E-state index contributed by atoms with van der Waals surface area (Å²) in [4.78, 5) is 24.2. The third kappa shape index (κ3) is 5.44. The molecule has 0 bridgehead atoms. The smallest absolute Gasteiger partial charge is 0.237 e. The third-order valence-corrected chi connectivity index (χ3v) is 4.71. The second-order valence-electron chi connectivity index (χ2n) is 5.08. The van der Waals surface area contributed by atoms with Crippen LogP contribution in [0.3, 0.4) is 0 Å². The van der Waals surface area contributed by atoms with E-state index in [0.717, 1.165) is 10.6 Å². The van der Waals surface area contributed by atoms with E-state index in [1.54, 1.807) is 30.3 Å². The van der Waals surface area contributed by atoms with Gasteiger partial charge in [0.15, 0.2) is 0 Å². The van der Waals surface area contributed by atoms with Gasteiger partial charge in [-0.05, 0) is 49.4 Å². The van der Waals surface area contributed by atoms with Crippen LogP contribution in [0, 0.1) is 0 Å². The first kappa shape index (κ1) is 18.6. The molecule has 2 rings (SSSR count). The number of nitrogens with one attached hydrogen (secondary N) is 2. The third-order valence-electron chi connectivity index (χ3n) is 3.05. The van der Waals surface area contributed by atoms with Crippen LogP contribution >= 0.6 is 35.0 Å². The fourth-order valence-corrected chi connectivity index (χ4v) is 3.23. The molecule has 0 saturated carbocycles. The first-order valence-corrected chi connectivity index (χ1v) is 8.79. The van der Waals surface area contributed by atoms with E-state index in [0.29, 0.717) is 15.7 Å². The Bertz CT molecular complexity index is 751. The van der Waals surface area contributed by atoms with Gasteiger partial charge in [-0.25, -0.2) is 0 Å². The molecule has 7 heteroatoms. The summed E-state index contributed by atoms with van der Waals surface area (Å²) in [6, 6.07) is 12.2. The van der Waals surface area contributed by atoms with Crippen molar-refractivity contribution in [1.82, 2.24) is 0 Å². The molecule has 2 aromatic carbocycles. The Morgan fingerprint density at radius 3 is 2.29 bits per heavy atom. The van der Waals surface area contributed by atoms with Crippen molar-refractivity contribution < 1.29 is 9.59 Å². The molecule has 0 aliphatic heterocycles. The predicted molar refractivity (Wildman–Crippen MR) is 101 cm³/mol. The van der Waals surface area contributed by atoms with Gasteiger partial charge in [0.2, 0.25) is 11.8 Å². The van der Waals surface area contributed by atoms with Crippen LogP contribution in [0.15, 0.2) is 47.4 Å². The molecule has 0 aliphatic rings. The second-order valence-corrected chi connectivity index (χ2v) is 7.34. The lowest BCUT2D eigenvalue weighted by atomic mass is 10.3. The number of benzene rings is 2.